The molecule has 1 aliphatic rings. The average molecular weight is 411 g/mol. The van der Waals surface area contributed by atoms with Gasteiger partial charge in [0.1, 0.15) is 0 Å². The van der Waals surface area contributed by atoms with Crippen LogP contribution in [0.1, 0.15) is 32.6 Å². The molecule has 0 saturated heterocycles. The predicted molar refractivity (Wildman–Crippen MR) is 83.6 cm³/mol. The third kappa shape index (κ3) is 4.03. The highest BCUT2D eigenvalue weighted by atomic mass is 79.9. The van der Waals surface area contributed by atoms with Gasteiger partial charge in [-0.3, -0.25) is 0 Å². The Kier molecular flexibility index (Phi) is 5.09. The van der Waals surface area contributed by atoms with Crippen LogP contribution in [-0.2, 0) is 10.0 Å². The van der Waals surface area contributed by atoms with Crippen molar-refractivity contribution >= 4 is 41.9 Å². The van der Waals surface area contributed by atoms with Crippen LogP contribution in [0.4, 0.5) is 0 Å². The molecule has 0 radical (unpaired) electrons. The van der Waals surface area contributed by atoms with Crippen LogP contribution in [0.3, 0.4) is 0 Å². The zero-order chi connectivity index (χ0) is 14.0. The molecule has 1 aliphatic carbocycles. The van der Waals surface area contributed by atoms with E-state index in [-0.39, 0.29) is 6.04 Å². The van der Waals surface area contributed by atoms with Gasteiger partial charge in [0, 0.05) is 15.0 Å². The summed E-state index contributed by atoms with van der Waals surface area (Å²) in [6, 6.07) is 5.16. The van der Waals surface area contributed by atoms with E-state index < -0.39 is 10.0 Å². The SMILES string of the molecule is CC1CCCC(NS(=O)(=O)c2ccc(Br)cc2Br)C1. The van der Waals surface area contributed by atoms with Gasteiger partial charge in [0.05, 0.1) is 4.90 Å². The first-order chi connectivity index (χ1) is 8.88. The van der Waals surface area contributed by atoms with Crippen LogP contribution in [0.5, 0.6) is 0 Å². The lowest BCUT2D eigenvalue weighted by Crippen LogP contribution is -2.38. The minimum atomic E-state index is -3.45. The van der Waals surface area contributed by atoms with Crippen molar-refractivity contribution in [3.05, 3.63) is 27.1 Å². The van der Waals surface area contributed by atoms with Crippen LogP contribution in [0, 0.1) is 5.92 Å². The molecule has 1 fully saturated rings. The number of halogens is 2. The molecule has 0 spiro atoms. The first-order valence-corrected chi connectivity index (χ1v) is 9.43. The summed E-state index contributed by atoms with van der Waals surface area (Å²) in [7, 11) is -3.45. The van der Waals surface area contributed by atoms with Crippen molar-refractivity contribution in [1.29, 1.82) is 0 Å². The summed E-state index contributed by atoms with van der Waals surface area (Å²) in [5.74, 6) is 0.592. The lowest BCUT2D eigenvalue weighted by Gasteiger charge is -2.27. The normalized spacial score (nSPS) is 24.4. The first-order valence-electron chi connectivity index (χ1n) is 6.36. The number of benzene rings is 1. The van der Waals surface area contributed by atoms with E-state index in [9.17, 15) is 8.42 Å². The first kappa shape index (κ1) is 15.5. The highest BCUT2D eigenvalue weighted by Gasteiger charge is 2.25. The minimum Gasteiger partial charge on any atom is -0.208 e. The molecule has 2 rings (SSSR count). The van der Waals surface area contributed by atoms with E-state index in [1.54, 1.807) is 18.2 Å². The number of sulfonamides is 1. The van der Waals surface area contributed by atoms with E-state index in [1.807, 2.05) is 0 Å². The van der Waals surface area contributed by atoms with Crippen molar-refractivity contribution in [1.82, 2.24) is 4.72 Å². The molecule has 0 bridgehead atoms. The Morgan fingerprint density at radius 1 is 1.26 bits per heavy atom. The summed E-state index contributed by atoms with van der Waals surface area (Å²) < 4.78 is 29.0. The molecule has 1 aromatic carbocycles. The molecule has 0 aromatic heterocycles. The maximum atomic E-state index is 12.4. The molecule has 0 heterocycles. The van der Waals surface area contributed by atoms with Crippen molar-refractivity contribution in [3.63, 3.8) is 0 Å². The van der Waals surface area contributed by atoms with Gasteiger partial charge in [-0.15, -0.1) is 0 Å². The van der Waals surface area contributed by atoms with Gasteiger partial charge in [0.25, 0.3) is 0 Å². The summed E-state index contributed by atoms with van der Waals surface area (Å²) in [6.45, 7) is 2.18. The maximum Gasteiger partial charge on any atom is 0.241 e. The molecule has 1 saturated carbocycles. The quantitative estimate of drug-likeness (QED) is 0.816. The molecular formula is C13H17Br2NO2S. The molecule has 0 aliphatic heterocycles. The zero-order valence-corrected chi connectivity index (χ0v) is 14.7. The molecule has 106 valence electrons. The van der Waals surface area contributed by atoms with Gasteiger partial charge in [-0.05, 0) is 52.9 Å². The van der Waals surface area contributed by atoms with Crippen molar-refractivity contribution in [3.8, 4) is 0 Å². The van der Waals surface area contributed by atoms with Crippen LogP contribution in [0.15, 0.2) is 32.0 Å². The van der Waals surface area contributed by atoms with Crippen LogP contribution < -0.4 is 4.72 Å². The van der Waals surface area contributed by atoms with Crippen molar-refractivity contribution in [2.45, 2.75) is 43.5 Å². The third-order valence-electron chi connectivity index (χ3n) is 3.44. The molecule has 19 heavy (non-hydrogen) atoms. The molecule has 1 N–H and O–H groups in total. The molecule has 6 heteroatoms. The molecule has 1 aromatic rings. The van der Waals surface area contributed by atoms with Crippen LogP contribution >= 0.6 is 31.9 Å². The van der Waals surface area contributed by atoms with Crippen molar-refractivity contribution < 1.29 is 8.42 Å². The molecule has 0 amide bonds. The Hall–Kier alpha value is 0.0900. The van der Waals surface area contributed by atoms with E-state index in [0.717, 1.165) is 23.7 Å². The second-order valence-corrected chi connectivity index (χ2v) is 8.62. The molecule has 2 unspecified atom stereocenters. The maximum absolute atomic E-state index is 12.4. The van der Waals surface area contributed by atoms with E-state index in [1.165, 1.54) is 6.42 Å². The van der Waals surface area contributed by atoms with Gasteiger partial charge >= 0.3 is 0 Å². The second-order valence-electron chi connectivity index (χ2n) is 5.16. The van der Waals surface area contributed by atoms with Crippen LogP contribution in [-0.4, -0.2) is 14.5 Å². The second kappa shape index (κ2) is 6.24. The fourth-order valence-electron chi connectivity index (χ4n) is 2.52. The fraction of sp³-hybridized carbons (Fsp3) is 0.538. The van der Waals surface area contributed by atoms with Gasteiger partial charge in [-0.2, -0.15) is 0 Å². The number of nitrogens with one attached hydrogen (secondary N) is 1. The summed E-state index contributed by atoms with van der Waals surface area (Å²) in [5.41, 5.74) is 0. The van der Waals surface area contributed by atoms with Gasteiger partial charge in [-0.25, -0.2) is 13.1 Å². The van der Waals surface area contributed by atoms with E-state index in [0.29, 0.717) is 15.3 Å². The average Bonchev–Trinajstić information content (AvgIpc) is 2.27. The summed E-state index contributed by atoms with van der Waals surface area (Å²) >= 11 is 6.63. The largest absolute Gasteiger partial charge is 0.241 e. The molecule has 2 atom stereocenters. The Bertz CT molecular complexity index is 560. The molecular weight excluding hydrogens is 394 g/mol. The predicted octanol–water partition coefficient (Wildman–Crippen LogP) is 4.07. The van der Waals surface area contributed by atoms with E-state index in [4.69, 9.17) is 0 Å². The standard InChI is InChI=1S/C13H17Br2NO2S/c1-9-3-2-4-11(7-9)16-19(17,18)13-6-5-10(14)8-12(13)15/h5-6,8-9,11,16H,2-4,7H2,1H3. The topological polar surface area (TPSA) is 46.2 Å². The highest BCUT2D eigenvalue weighted by molar-refractivity contribution is 9.11. The molecule has 3 nitrogen and oxygen atoms in total. The Morgan fingerprint density at radius 2 is 2.00 bits per heavy atom. The lowest BCUT2D eigenvalue weighted by atomic mass is 9.88. The van der Waals surface area contributed by atoms with Gasteiger partial charge in [0.15, 0.2) is 0 Å². The fourth-order valence-corrected chi connectivity index (χ4v) is 5.55. The van der Waals surface area contributed by atoms with Crippen LogP contribution in [0.2, 0.25) is 0 Å². The summed E-state index contributed by atoms with van der Waals surface area (Å²) in [4.78, 5) is 0.300. The van der Waals surface area contributed by atoms with Crippen molar-refractivity contribution in [2.75, 3.05) is 0 Å². The van der Waals surface area contributed by atoms with Crippen LogP contribution in [0.25, 0.3) is 0 Å². The van der Waals surface area contributed by atoms with Gasteiger partial charge in [0.2, 0.25) is 10.0 Å². The lowest BCUT2D eigenvalue weighted by molar-refractivity contribution is 0.327. The Balaban J connectivity index is 2.18. The Morgan fingerprint density at radius 3 is 2.63 bits per heavy atom. The monoisotopic (exact) mass is 409 g/mol. The van der Waals surface area contributed by atoms with Crippen molar-refractivity contribution in [2.24, 2.45) is 5.92 Å². The van der Waals surface area contributed by atoms with E-state index in [2.05, 4.69) is 43.5 Å². The number of rotatable bonds is 3. The summed E-state index contributed by atoms with van der Waals surface area (Å²) in [5, 5.41) is 0. The minimum absolute atomic E-state index is 0.0595. The van der Waals surface area contributed by atoms with E-state index >= 15 is 0 Å². The summed E-state index contributed by atoms with van der Waals surface area (Å²) in [6.07, 6.45) is 4.14. The van der Waals surface area contributed by atoms with Gasteiger partial charge in [-0.1, -0.05) is 35.7 Å². The zero-order valence-electron chi connectivity index (χ0n) is 10.7. The smallest absolute Gasteiger partial charge is 0.208 e. The third-order valence-corrected chi connectivity index (χ3v) is 6.43. The number of hydrogen-bond donors (Lipinski definition) is 1. The highest BCUT2D eigenvalue weighted by Crippen LogP contribution is 2.28. The number of hydrogen-bond acceptors (Lipinski definition) is 2. The Labute approximate surface area is 131 Å². The van der Waals surface area contributed by atoms with Gasteiger partial charge < -0.3 is 0 Å².